The number of pyridine rings is 2. The summed E-state index contributed by atoms with van der Waals surface area (Å²) in [5, 5.41) is 3.28. The number of anilines is 3. The zero-order valence-electron chi connectivity index (χ0n) is 16.3. The van der Waals surface area contributed by atoms with Gasteiger partial charge in [0, 0.05) is 50.3 Å². The third-order valence-corrected chi connectivity index (χ3v) is 4.88. The van der Waals surface area contributed by atoms with Crippen LogP contribution in [0, 0.1) is 0 Å². The van der Waals surface area contributed by atoms with E-state index in [1.165, 1.54) is 0 Å². The van der Waals surface area contributed by atoms with Gasteiger partial charge in [-0.25, -0.2) is 4.98 Å². The molecule has 0 atom stereocenters. The van der Waals surface area contributed by atoms with Gasteiger partial charge in [0.05, 0.1) is 24.6 Å². The highest BCUT2D eigenvalue weighted by molar-refractivity contribution is 5.95. The van der Waals surface area contributed by atoms with E-state index in [1.54, 1.807) is 25.7 Å². The van der Waals surface area contributed by atoms with Crippen LogP contribution in [0.3, 0.4) is 0 Å². The average Bonchev–Trinajstić information content (AvgIpc) is 2.79. The normalized spacial score (nSPS) is 13.8. The van der Waals surface area contributed by atoms with Crippen LogP contribution in [0.5, 0.6) is 5.75 Å². The van der Waals surface area contributed by atoms with Gasteiger partial charge < -0.3 is 19.9 Å². The lowest BCUT2D eigenvalue weighted by molar-refractivity contribution is 0.0746. The molecule has 0 aliphatic carbocycles. The standard InChI is InChI=1S/C22H23N5O2/c1-29-20-6-4-5-18(14-20)25-19-13-17(15-23-16-19)22(28)27-11-9-26(10-12-27)21-7-2-3-8-24-21/h2-8,13-16,25H,9-12H2,1H3. The third kappa shape index (κ3) is 4.45. The Morgan fingerprint density at radius 2 is 1.86 bits per heavy atom. The number of rotatable bonds is 5. The fourth-order valence-electron chi connectivity index (χ4n) is 3.35. The molecule has 0 unspecified atom stereocenters. The van der Waals surface area contributed by atoms with Crippen LogP contribution in [0.15, 0.2) is 67.1 Å². The van der Waals surface area contributed by atoms with Gasteiger partial charge in [-0.2, -0.15) is 0 Å². The number of amides is 1. The van der Waals surface area contributed by atoms with Gasteiger partial charge in [0.1, 0.15) is 11.6 Å². The van der Waals surface area contributed by atoms with E-state index in [1.807, 2.05) is 53.4 Å². The number of carbonyl (C=O) groups is 1. The van der Waals surface area contributed by atoms with Crippen molar-refractivity contribution >= 4 is 23.1 Å². The summed E-state index contributed by atoms with van der Waals surface area (Å²) in [6.07, 6.45) is 5.11. The molecule has 7 heteroatoms. The number of piperazine rings is 1. The number of hydrogen-bond acceptors (Lipinski definition) is 6. The van der Waals surface area contributed by atoms with Crippen molar-refractivity contribution in [3.63, 3.8) is 0 Å². The van der Waals surface area contributed by atoms with Crippen LogP contribution in [-0.4, -0.2) is 54.1 Å². The molecule has 1 aromatic carbocycles. The van der Waals surface area contributed by atoms with Crippen molar-refractivity contribution < 1.29 is 9.53 Å². The van der Waals surface area contributed by atoms with Crippen LogP contribution in [-0.2, 0) is 0 Å². The van der Waals surface area contributed by atoms with Gasteiger partial charge in [-0.05, 0) is 30.3 Å². The van der Waals surface area contributed by atoms with Gasteiger partial charge in [-0.3, -0.25) is 9.78 Å². The number of nitrogens with zero attached hydrogens (tertiary/aromatic N) is 4. The maximum absolute atomic E-state index is 13.0. The molecule has 3 aromatic rings. The number of nitrogens with one attached hydrogen (secondary N) is 1. The molecule has 1 amide bonds. The Morgan fingerprint density at radius 1 is 1.00 bits per heavy atom. The van der Waals surface area contributed by atoms with E-state index < -0.39 is 0 Å². The molecule has 0 saturated carbocycles. The first kappa shape index (κ1) is 18.7. The van der Waals surface area contributed by atoms with Gasteiger partial charge >= 0.3 is 0 Å². The summed E-state index contributed by atoms with van der Waals surface area (Å²) in [7, 11) is 1.63. The number of benzene rings is 1. The first-order valence-electron chi connectivity index (χ1n) is 9.54. The fraction of sp³-hybridized carbons (Fsp3) is 0.227. The van der Waals surface area contributed by atoms with Crippen LogP contribution in [0.25, 0.3) is 0 Å². The molecule has 7 nitrogen and oxygen atoms in total. The minimum Gasteiger partial charge on any atom is -0.497 e. The predicted octanol–water partition coefficient (Wildman–Crippen LogP) is 3.19. The Kier molecular flexibility index (Phi) is 5.56. The Balaban J connectivity index is 1.41. The van der Waals surface area contributed by atoms with Gasteiger partial charge in [-0.1, -0.05) is 12.1 Å². The molecule has 1 aliphatic rings. The SMILES string of the molecule is COc1cccc(Nc2cncc(C(=O)N3CCN(c4ccccn4)CC3)c2)c1. The number of hydrogen-bond donors (Lipinski definition) is 1. The van der Waals surface area contributed by atoms with Gasteiger partial charge in [-0.15, -0.1) is 0 Å². The molecule has 1 aliphatic heterocycles. The van der Waals surface area contributed by atoms with E-state index in [2.05, 4.69) is 20.2 Å². The minimum atomic E-state index is -0.00698. The maximum atomic E-state index is 13.0. The molecule has 1 fully saturated rings. The molecule has 3 heterocycles. The average molecular weight is 389 g/mol. The van der Waals surface area contributed by atoms with Crippen LogP contribution >= 0.6 is 0 Å². The van der Waals surface area contributed by atoms with E-state index in [4.69, 9.17) is 4.74 Å². The lowest BCUT2D eigenvalue weighted by atomic mass is 10.2. The van der Waals surface area contributed by atoms with Crippen molar-refractivity contribution in [1.29, 1.82) is 0 Å². The van der Waals surface area contributed by atoms with Crippen LogP contribution in [0.2, 0.25) is 0 Å². The van der Waals surface area contributed by atoms with Gasteiger partial charge in [0.15, 0.2) is 0 Å². The van der Waals surface area contributed by atoms with Crippen molar-refractivity contribution in [3.8, 4) is 5.75 Å². The largest absolute Gasteiger partial charge is 0.497 e. The second-order valence-electron chi connectivity index (χ2n) is 6.79. The summed E-state index contributed by atoms with van der Waals surface area (Å²) in [5.41, 5.74) is 2.21. The highest BCUT2D eigenvalue weighted by atomic mass is 16.5. The Morgan fingerprint density at radius 3 is 2.62 bits per heavy atom. The molecule has 0 radical (unpaired) electrons. The maximum Gasteiger partial charge on any atom is 0.255 e. The topological polar surface area (TPSA) is 70.6 Å². The highest BCUT2D eigenvalue weighted by Crippen LogP contribution is 2.22. The smallest absolute Gasteiger partial charge is 0.255 e. The number of ether oxygens (including phenoxy) is 1. The van der Waals surface area contributed by atoms with E-state index >= 15 is 0 Å². The molecule has 148 valence electrons. The summed E-state index contributed by atoms with van der Waals surface area (Å²) in [6, 6.07) is 15.3. The summed E-state index contributed by atoms with van der Waals surface area (Å²) in [5.74, 6) is 1.71. The highest BCUT2D eigenvalue weighted by Gasteiger charge is 2.23. The molecular weight excluding hydrogens is 366 g/mol. The lowest BCUT2D eigenvalue weighted by Crippen LogP contribution is -2.49. The minimum absolute atomic E-state index is 0.00698. The summed E-state index contributed by atoms with van der Waals surface area (Å²) >= 11 is 0. The molecule has 0 bridgehead atoms. The predicted molar refractivity (Wildman–Crippen MR) is 113 cm³/mol. The van der Waals surface area contributed by atoms with Crippen LogP contribution in [0.4, 0.5) is 17.2 Å². The molecule has 1 N–H and O–H groups in total. The zero-order chi connectivity index (χ0) is 20.1. The van der Waals surface area contributed by atoms with Crippen molar-refractivity contribution in [2.75, 3.05) is 43.5 Å². The molecule has 2 aromatic heterocycles. The van der Waals surface area contributed by atoms with E-state index in [-0.39, 0.29) is 5.91 Å². The molecule has 0 spiro atoms. The van der Waals surface area contributed by atoms with E-state index in [0.29, 0.717) is 18.7 Å². The zero-order valence-corrected chi connectivity index (χ0v) is 16.3. The number of carbonyl (C=O) groups excluding carboxylic acids is 1. The van der Waals surface area contributed by atoms with Crippen molar-refractivity contribution in [2.45, 2.75) is 0 Å². The van der Waals surface area contributed by atoms with E-state index in [9.17, 15) is 4.79 Å². The number of aromatic nitrogens is 2. The first-order valence-corrected chi connectivity index (χ1v) is 9.54. The molecule has 29 heavy (non-hydrogen) atoms. The summed E-state index contributed by atoms with van der Waals surface area (Å²) < 4.78 is 5.25. The Hall–Kier alpha value is -3.61. The van der Waals surface area contributed by atoms with Crippen LogP contribution in [0.1, 0.15) is 10.4 Å². The van der Waals surface area contributed by atoms with Gasteiger partial charge in [0.2, 0.25) is 0 Å². The van der Waals surface area contributed by atoms with Crippen molar-refractivity contribution in [1.82, 2.24) is 14.9 Å². The molecule has 4 rings (SSSR count). The quantitative estimate of drug-likeness (QED) is 0.723. The summed E-state index contributed by atoms with van der Waals surface area (Å²) in [6.45, 7) is 2.84. The van der Waals surface area contributed by atoms with Gasteiger partial charge in [0.25, 0.3) is 5.91 Å². The monoisotopic (exact) mass is 389 g/mol. The second-order valence-corrected chi connectivity index (χ2v) is 6.79. The Bertz CT molecular complexity index is 972. The second kappa shape index (κ2) is 8.60. The fourth-order valence-corrected chi connectivity index (χ4v) is 3.35. The lowest BCUT2D eigenvalue weighted by Gasteiger charge is -2.35. The number of methoxy groups -OCH3 is 1. The van der Waals surface area contributed by atoms with Crippen molar-refractivity contribution in [3.05, 3.63) is 72.7 Å². The Labute approximate surface area is 170 Å². The molecular formula is C22H23N5O2. The first-order chi connectivity index (χ1) is 14.2. The summed E-state index contributed by atoms with van der Waals surface area (Å²) in [4.78, 5) is 25.6. The van der Waals surface area contributed by atoms with Crippen LogP contribution < -0.4 is 15.0 Å². The molecule has 1 saturated heterocycles. The van der Waals surface area contributed by atoms with E-state index in [0.717, 1.165) is 36.0 Å². The van der Waals surface area contributed by atoms with Crippen molar-refractivity contribution in [2.24, 2.45) is 0 Å². The third-order valence-electron chi connectivity index (χ3n) is 4.88.